The Bertz CT molecular complexity index is 1050. The van der Waals surface area contributed by atoms with Gasteiger partial charge >= 0.3 is 16.1 Å². The summed E-state index contributed by atoms with van der Waals surface area (Å²) in [6, 6.07) is 12.3. The first kappa shape index (κ1) is 28.2. The number of hydrogen-bond acceptors (Lipinski definition) is 8. The van der Waals surface area contributed by atoms with Crippen molar-refractivity contribution in [3.8, 4) is 17.2 Å². The molecule has 0 aliphatic carbocycles. The molecule has 0 aromatic heterocycles. The van der Waals surface area contributed by atoms with E-state index in [9.17, 15) is 13.2 Å². The van der Waals surface area contributed by atoms with E-state index in [1.54, 1.807) is 37.5 Å². The monoisotopic (exact) mass is 506 g/mol. The topological polar surface area (TPSA) is 97.4 Å². The molecule has 0 aliphatic heterocycles. The Morgan fingerprint density at radius 2 is 1.74 bits per heavy atom. The molecule has 0 N–H and O–H groups in total. The molecule has 8 nitrogen and oxygen atoms in total. The Labute approximate surface area is 207 Å². The smallest absolute Gasteiger partial charge is 0.330 e. The number of unbranched alkanes of at least 4 members (excludes halogenated alkanes) is 1. The number of ether oxygens (including phenoxy) is 4. The minimum absolute atomic E-state index is 0.00800. The average Bonchev–Trinajstić information content (AvgIpc) is 2.85. The zero-order valence-corrected chi connectivity index (χ0v) is 21.3. The van der Waals surface area contributed by atoms with Crippen molar-refractivity contribution in [1.29, 1.82) is 0 Å². The van der Waals surface area contributed by atoms with Gasteiger partial charge in [0.25, 0.3) is 0 Å². The van der Waals surface area contributed by atoms with Gasteiger partial charge in [0.05, 0.1) is 26.1 Å². The van der Waals surface area contributed by atoms with Gasteiger partial charge in [0, 0.05) is 19.1 Å². The molecule has 0 saturated carbocycles. The maximum Gasteiger partial charge on any atom is 0.330 e. The summed E-state index contributed by atoms with van der Waals surface area (Å²) in [6.07, 6.45) is 4.96. The van der Waals surface area contributed by atoms with Crippen molar-refractivity contribution in [2.75, 3.05) is 39.3 Å². The van der Waals surface area contributed by atoms with Gasteiger partial charge in [-0.05, 0) is 54.8 Å². The summed E-state index contributed by atoms with van der Waals surface area (Å²) in [5.74, 6) is 0.977. The fraction of sp³-hybridized carbons (Fsp3) is 0.423. The molecule has 0 spiro atoms. The first-order valence-corrected chi connectivity index (χ1v) is 13.2. The lowest BCUT2D eigenvalue weighted by molar-refractivity contribution is -0.139. The molecule has 2 aromatic rings. The van der Waals surface area contributed by atoms with Gasteiger partial charge < -0.3 is 23.1 Å². The van der Waals surface area contributed by atoms with Crippen LogP contribution < -0.4 is 13.7 Å². The number of esters is 1. The molecule has 35 heavy (non-hydrogen) atoms. The highest BCUT2D eigenvalue weighted by Crippen LogP contribution is 2.29. The van der Waals surface area contributed by atoms with E-state index in [0.29, 0.717) is 49.9 Å². The molecule has 0 amide bonds. The molecule has 0 bridgehead atoms. The summed E-state index contributed by atoms with van der Waals surface area (Å²) in [4.78, 5) is 11.7. The Morgan fingerprint density at radius 1 is 0.971 bits per heavy atom. The van der Waals surface area contributed by atoms with E-state index in [0.717, 1.165) is 17.5 Å². The lowest BCUT2D eigenvalue weighted by Gasteiger charge is -2.12. The van der Waals surface area contributed by atoms with Crippen LogP contribution in [0.4, 0.5) is 0 Å². The van der Waals surface area contributed by atoms with Crippen LogP contribution >= 0.6 is 0 Å². The molecule has 0 radical (unpaired) electrons. The van der Waals surface area contributed by atoms with Gasteiger partial charge in [-0.15, -0.1) is 0 Å². The second-order valence-electron chi connectivity index (χ2n) is 7.55. The van der Waals surface area contributed by atoms with Crippen molar-refractivity contribution in [3.63, 3.8) is 0 Å². The summed E-state index contributed by atoms with van der Waals surface area (Å²) in [5, 5.41) is 0. The number of rotatable bonds is 16. The first-order valence-electron chi connectivity index (χ1n) is 11.6. The van der Waals surface area contributed by atoms with E-state index in [1.807, 2.05) is 32.0 Å². The van der Waals surface area contributed by atoms with Crippen LogP contribution in [0.15, 0.2) is 48.5 Å². The minimum atomic E-state index is -3.56. The SMILES string of the molecule is CCCCS(=O)(=O)Oc1ccc(CCOc2ccc(/C=C\C(=O)OCCOCC)cc2OC)cc1. The zero-order valence-electron chi connectivity index (χ0n) is 20.5. The fourth-order valence-corrected chi connectivity index (χ4v) is 4.09. The Kier molecular flexibility index (Phi) is 12.1. The maximum atomic E-state index is 11.9. The summed E-state index contributed by atoms with van der Waals surface area (Å²) in [7, 11) is -2.02. The summed E-state index contributed by atoms with van der Waals surface area (Å²) in [6.45, 7) is 5.36. The van der Waals surface area contributed by atoms with Crippen LogP contribution in [0.1, 0.15) is 37.8 Å². The van der Waals surface area contributed by atoms with Gasteiger partial charge in [-0.2, -0.15) is 8.42 Å². The summed E-state index contributed by atoms with van der Waals surface area (Å²) >= 11 is 0. The van der Waals surface area contributed by atoms with Crippen LogP contribution in [0.2, 0.25) is 0 Å². The molecule has 2 rings (SSSR count). The molecule has 0 fully saturated rings. The highest BCUT2D eigenvalue weighted by Gasteiger charge is 2.12. The zero-order chi connectivity index (χ0) is 25.5. The van der Waals surface area contributed by atoms with Gasteiger partial charge in [0.15, 0.2) is 11.5 Å². The average molecular weight is 507 g/mol. The normalized spacial score (nSPS) is 11.4. The molecule has 0 unspecified atom stereocenters. The first-order chi connectivity index (χ1) is 16.9. The second kappa shape index (κ2) is 15.1. The van der Waals surface area contributed by atoms with Crippen LogP contribution in [-0.4, -0.2) is 53.7 Å². The van der Waals surface area contributed by atoms with Gasteiger partial charge in [0.2, 0.25) is 0 Å². The van der Waals surface area contributed by atoms with E-state index in [2.05, 4.69) is 0 Å². The maximum absolute atomic E-state index is 11.9. The van der Waals surface area contributed by atoms with E-state index in [-0.39, 0.29) is 12.4 Å². The van der Waals surface area contributed by atoms with E-state index < -0.39 is 16.1 Å². The van der Waals surface area contributed by atoms with Crippen molar-refractivity contribution in [2.45, 2.75) is 33.1 Å². The predicted octanol–water partition coefficient (Wildman–Crippen LogP) is 4.42. The van der Waals surface area contributed by atoms with Crippen molar-refractivity contribution < 1.29 is 36.3 Å². The number of carbonyl (C=O) groups is 1. The second-order valence-corrected chi connectivity index (χ2v) is 9.24. The predicted molar refractivity (Wildman–Crippen MR) is 134 cm³/mol. The molecular formula is C26H34O8S. The van der Waals surface area contributed by atoms with Crippen molar-refractivity contribution in [1.82, 2.24) is 0 Å². The Morgan fingerprint density at radius 3 is 2.43 bits per heavy atom. The number of methoxy groups -OCH3 is 1. The van der Waals surface area contributed by atoms with Gasteiger partial charge in [-0.25, -0.2) is 4.79 Å². The third kappa shape index (κ3) is 10.8. The number of benzene rings is 2. The lowest BCUT2D eigenvalue weighted by Crippen LogP contribution is -2.13. The Hall–Kier alpha value is -3.04. The van der Waals surface area contributed by atoms with Gasteiger partial charge in [-0.1, -0.05) is 31.5 Å². The van der Waals surface area contributed by atoms with E-state index in [1.165, 1.54) is 6.08 Å². The Balaban J connectivity index is 1.85. The molecular weight excluding hydrogens is 472 g/mol. The van der Waals surface area contributed by atoms with Crippen LogP contribution in [0, 0.1) is 0 Å². The van der Waals surface area contributed by atoms with Crippen LogP contribution in [0.5, 0.6) is 17.2 Å². The fourth-order valence-electron chi connectivity index (χ4n) is 2.96. The minimum Gasteiger partial charge on any atom is -0.493 e. The third-order valence-electron chi connectivity index (χ3n) is 4.82. The van der Waals surface area contributed by atoms with Gasteiger partial charge in [-0.3, -0.25) is 0 Å². The summed E-state index contributed by atoms with van der Waals surface area (Å²) < 4.78 is 50.4. The van der Waals surface area contributed by atoms with Crippen molar-refractivity contribution in [3.05, 3.63) is 59.7 Å². The molecule has 0 atom stereocenters. The number of carbonyl (C=O) groups excluding carboxylic acids is 1. The molecule has 192 valence electrons. The lowest BCUT2D eigenvalue weighted by atomic mass is 10.1. The van der Waals surface area contributed by atoms with Crippen LogP contribution in [0.3, 0.4) is 0 Å². The summed E-state index contributed by atoms with van der Waals surface area (Å²) in [5.41, 5.74) is 1.74. The van der Waals surface area contributed by atoms with Crippen LogP contribution in [-0.2, 0) is 30.8 Å². The molecule has 9 heteroatoms. The van der Waals surface area contributed by atoms with Crippen molar-refractivity contribution in [2.24, 2.45) is 0 Å². The standard InChI is InChI=1S/C26H34O8S/c1-4-6-19-35(28,29)34-23-11-7-21(8-12-23)15-16-32-24-13-9-22(20-25(24)30-3)10-14-26(27)33-18-17-31-5-2/h7-14,20H,4-6,15-19H2,1-3H3/b14-10-. The molecule has 2 aromatic carbocycles. The highest BCUT2D eigenvalue weighted by molar-refractivity contribution is 7.87. The highest BCUT2D eigenvalue weighted by atomic mass is 32.2. The molecule has 0 heterocycles. The largest absolute Gasteiger partial charge is 0.493 e. The van der Waals surface area contributed by atoms with E-state index in [4.69, 9.17) is 23.1 Å². The van der Waals surface area contributed by atoms with Gasteiger partial charge in [0.1, 0.15) is 12.4 Å². The van der Waals surface area contributed by atoms with Crippen molar-refractivity contribution >= 4 is 22.2 Å². The number of hydrogen-bond donors (Lipinski definition) is 0. The van der Waals surface area contributed by atoms with E-state index >= 15 is 0 Å². The molecule has 0 saturated heterocycles. The molecule has 0 aliphatic rings. The van der Waals surface area contributed by atoms with Crippen LogP contribution in [0.25, 0.3) is 6.08 Å². The quantitative estimate of drug-likeness (QED) is 0.143. The third-order valence-corrected chi connectivity index (χ3v) is 6.05.